The van der Waals surface area contributed by atoms with Crippen LogP contribution in [0.1, 0.15) is 31.7 Å². The average Bonchev–Trinajstić information content (AvgIpc) is 2.62. The third-order valence-corrected chi connectivity index (χ3v) is 5.72. The van der Waals surface area contributed by atoms with Crippen LogP contribution in [0.4, 0.5) is 4.39 Å². The minimum absolute atomic E-state index is 0.145. The van der Waals surface area contributed by atoms with Crippen LogP contribution in [0.25, 0.3) is 0 Å². The summed E-state index contributed by atoms with van der Waals surface area (Å²) in [6.45, 7) is 7.50. The van der Waals surface area contributed by atoms with E-state index in [1.807, 2.05) is 17.9 Å². The number of benzene rings is 1. The topological polar surface area (TPSA) is 26.8 Å². The van der Waals surface area contributed by atoms with Crippen LogP contribution in [0.2, 0.25) is 0 Å². The summed E-state index contributed by atoms with van der Waals surface area (Å²) in [5.74, 6) is 0.0503. The van der Waals surface area contributed by atoms with Gasteiger partial charge in [0.2, 0.25) is 5.91 Å². The molecule has 0 radical (unpaired) electrons. The second-order valence-corrected chi connectivity index (χ2v) is 7.07. The zero-order valence-electron chi connectivity index (χ0n) is 14.8. The van der Waals surface area contributed by atoms with Gasteiger partial charge in [-0.1, -0.05) is 19.1 Å². The highest BCUT2D eigenvalue weighted by atomic mass is 19.1. The SMILES string of the molecule is CCC(=O)N1CCC(c2cccc(F)c2)(N2CCN(C)CC2)CC1. The summed E-state index contributed by atoms with van der Waals surface area (Å²) < 4.78 is 13.9. The molecule has 0 bridgehead atoms. The molecule has 0 aliphatic carbocycles. The molecule has 0 aromatic heterocycles. The van der Waals surface area contributed by atoms with Gasteiger partial charge < -0.3 is 9.80 Å². The number of rotatable bonds is 3. The van der Waals surface area contributed by atoms with E-state index in [4.69, 9.17) is 0 Å². The minimum atomic E-state index is -0.173. The summed E-state index contributed by atoms with van der Waals surface area (Å²) in [6.07, 6.45) is 2.32. The number of carbonyl (C=O) groups excluding carboxylic acids is 1. The molecule has 5 heteroatoms. The maximum atomic E-state index is 13.9. The maximum Gasteiger partial charge on any atom is 0.222 e. The number of carbonyl (C=O) groups is 1. The lowest BCUT2D eigenvalue weighted by Crippen LogP contribution is -2.59. The molecule has 2 aliphatic heterocycles. The third kappa shape index (κ3) is 3.33. The van der Waals surface area contributed by atoms with Gasteiger partial charge in [-0.2, -0.15) is 0 Å². The Bertz CT molecular complexity index is 576. The second-order valence-electron chi connectivity index (χ2n) is 7.07. The monoisotopic (exact) mass is 333 g/mol. The van der Waals surface area contributed by atoms with Crippen LogP contribution in [0.3, 0.4) is 0 Å². The number of piperazine rings is 1. The molecule has 0 atom stereocenters. The van der Waals surface area contributed by atoms with E-state index in [2.05, 4.69) is 22.9 Å². The first-order valence-electron chi connectivity index (χ1n) is 9.02. The summed E-state index contributed by atoms with van der Waals surface area (Å²) in [7, 11) is 2.15. The molecular weight excluding hydrogens is 305 g/mol. The highest BCUT2D eigenvalue weighted by molar-refractivity contribution is 5.75. The molecule has 1 aromatic carbocycles. The molecule has 0 spiro atoms. The normalized spacial score (nSPS) is 22.5. The van der Waals surface area contributed by atoms with E-state index in [-0.39, 0.29) is 17.3 Å². The summed E-state index contributed by atoms with van der Waals surface area (Å²) in [6, 6.07) is 7.07. The van der Waals surface area contributed by atoms with Gasteiger partial charge in [0.25, 0.3) is 0 Å². The van der Waals surface area contributed by atoms with Gasteiger partial charge in [0, 0.05) is 51.2 Å². The Morgan fingerprint density at radius 1 is 1.12 bits per heavy atom. The van der Waals surface area contributed by atoms with Crippen molar-refractivity contribution in [3.63, 3.8) is 0 Å². The minimum Gasteiger partial charge on any atom is -0.343 e. The summed E-state index contributed by atoms with van der Waals surface area (Å²) >= 11 is 0. The van der Waals surface area contributed by atoms with Gasteiger partial charge in [0.1, 0.15) is 5.82 Å². The molecule has 0 N–H and O–H groups in total. The fraction of sp³-hybridized carbons (Fsp3) is 0.632. The lowest BCUT2D eigenvalue weighted by molar-refractivity contribution is -0.134. The molecule has 1 aromatic rings. The number of halogens is 1. The number of piperidine rings is 1. The largest absolute Gasteiger partial charge is 0.343 e. The molecule has 4 nitrogen and oxygen atoms in total. The zero-order chi connectivity index (χ0) is 17.2. The van der Waals surface area contributed by atoms with Gasteiger partial charge in [-0.3, -0.25) is 9.69 Å². The van der Waals surface area contributed by atoms with Crippen LogP contribution in [-0.2, 0) is 10.3 Å². The number of nitrogens with zero attached hydrogens (tertiary/aromatic N) is 3. The van der Waals surface area contributed by atoms with Gasteiger partial charge >= 0.3 is 0 Å². The lowest BCUT2D eigenvalue weighted by atomic mass is 9.78. The molecule has 3 rings (SSSR count). The van der Waals surface area contributed by atoms with Crippen molar-refractivity contribution in [3.05, 3.63) is 35.6 Å². The van der Waals surface area contributed by atoms with E-state index >= 15 is 0 Å². The van der Waals surface area contributed by atoms with Crippen molar-refractivity contribution in [2.75, 3.05) is 46.3 Å². The van der Waals surface area contributed by atoms with Crippen molar-refractivity contribution < 1.29 is 9.18 Å². The average molecular weight is 333 g/mol. The van der Waals surface area contributed by atoms with E-state index in [0.717, 1.165) is 57.7 Å². The van der Waals surface area contributed by atoms with Crippen LogP contribution in [0.15, 0.2) is 24.3 Å². The van der Waals surface area contributed by atoms with Crippen molar-refractivity contribution >= 4 is 5.91 Å². The highest BCUT2D eigenvalue weighted by Gasteiger charge is 2.42. The van der Waals surface area contributed by atoms with Crippen molar-refractivity contribution in [1.29, 1.82) is 0 Å². The molecule has 0 unspecified atom stereocenters. The summed E-state index contributed by atoms with van der Waals surface area (Å²) in [5.41, 5.74) is 0.920. The number of amides is 1. The van der Waals surface area contributed by atoms with Gasteiger partial charge in [-0.25, -0.2) is 4.39 Å². The van der Waals surface area contributed by atoms with Crippen LogP contribution >= 0.6 is 0 Å². The van der Waals surface area contributed by atoms with Gasteiger partial charge in [-0.15, -0.1) is 0 Å². The van der Waals surface area contributed by atoms with Gasteiger partial charge in [-0.05, 0) is 37.6 Å². The fourth-order valence-corrected chi connectivity index (χ4v) is 4.15. The van der Waals surface area contributed by atoms with Crippen LogP contribution in [0, 0.1) is 5.82 Å². The fourth-order valence-electron chi connectivity index (χ4n) is 4.15. The first-order chi connectivity index (χ1) is 11.5. The predicted octanol–water partition coefficient (Wildman–Crippen LogP) is 2.30. The van der Waals surface area contributed by atoms with Gasteiger partial charge in [0.05, 0.1) is 0 Å². The molecule has 132 valence electrons. The molecule has 2 heterocycles. The highest BCUT2D eigenvalue weighted by Crippen LogP contribution is 2.39. The van der Waals surface area contributed by atoms with E-state index in [1.54, 1.807) is 6.07 Å². The smallest absolute Gasteiger partial charge is 0.222 e. The van der Waals surface area contributed by atoms with Crippen LogP contribution in [0.5, 0.6) is 0 Å². The standard InChI is InChI=1S/C19H28FN3O/c1-3-18(24)22-9-7-19(8-10-22,16-5-4-6-17(20)15-16)23-13-11-21(2)12-14-23/h4-6,15H,3,7-14H2,1-2H3. The first kappa shape index (κ1) is 17.4. The maximum absolute atomic E-state index is 13.9. The molecule has 2 aliphatic rings. The Kier molecular flexibility index (Phi) is 5.21. The molecule has 2 saturated heterocycles. The number of likely N-dealkylation sites (tertiary alicyclic amines) is 1. The molecule has 2 fully saturated rings. The van der Waals surface area contributed by atoms with E-state index in [9.17, 15) is 9.18 Å². The lowest BCUT2D eigenvalue weighted by Gasteiger charge is -2.51. The molecule has 1 amide bonds. The van der Waals surface area contributed by atoms with Gasteiger partial charge in [0.15, 0.2) is 0 Å². The Morgan fingerprint density at radius 3 is 2.38 bits per heavy atom. The third-order valence-electron chi connectivity index (χ3n) is 5.72. The Labute approximate surface area is 144 Å². The van der Waals surface area contributed by atoms with E-state index < -0.39 is 0 Å². The zero-order valence-corrected chi connectivity index (χ0v) is 14.8. The number of hydrogen-bond acceptors (Lipinski definition) is 3. The second kappa shape index (κ2) is 7.19. The Hall–Kier alpha value is -1.46. The number of hydrogen-bond donors (Lipinski definition) is 0. The van der Waals surface area contributed by atoms with E-state index in [1.165, 1.54) is 6.07 Å². The van der Waals surface area contributed by atoms with Crippen molar-refractivity contribution in [1.82, 2.24) is 14.7 Å². The predicted molar refractivity (Wildman–Crippen MR) is 93.3 cm³/mol. The van der Waals surface area contributed by atoms with Crippen LogP contribution in [-0.4, -0.2) is 66.9 Å². The van der Waals surface area contributed by atoms with Crippen molar-refractivity contribution in [2.24, 2.45) is 0 Å². The Balaban J connectivity index is 1.87. The number of likely N-dealkylation sites (N-methyl/N-ethyl adjacent to an activating group) is 1. The van der Waals surface area contributed by atoms with Crippen LogP contribution < -0.4 is 0 Å². The van der Waals surface area contributed by atoms with Crippen molar-refractivity contribution in [2.45, 2.75) is 31.7 Å². The molecule has 24 heavy (non-hydrogen) atoms. The first-order valence-corrected chi connectivity index (χ1v) is 9.02. The van der Waals surface area contributed by atoms with E-state index in [0.29, 0.717) is 6.42 Å². The summed E-state index contributed by atoms with van der Waals surface area (Å²) in [4.78, 5) is 18.9. The Morgan fingerprint density at radius 2 is 1.79 bits per heavy atom. The van der Waals surface area contributed by atoms with Crippen molar-refractivity contribution in [3.8, 4) is 0 Å². The molecule has 0 saturated carbocycles. The summed E-state index contributed by atoms with van der Waals surface area (Å²) in [5, 5.41) is 0. The molecular formula is C19H28FN3O. The quantitative estimate of drug-likeness (QED) is 0.849.